The predicted octanol–water partition coefficient (Wildman–Crippen LogP) is 3.76. The Morgan fingerprint density at radius 2 is 2.14 bits per heavy atom. The quantitative estimate of drug-likeness (QED) is 0.894. The molecule has 0 radical (unpaired) electrons. The van der Waals surface area contributed by atoms with E-state index in [1.165, 1.54) is 12.1 Å². The molecule has 21 heavy (non-hydrogen) atoms. The fourth-order valence-corrected chi connectivity index (χ4v) is 2.47. The van der Waals surface area contributed by atoms with Crippen LogP contribution in [0.15, 0.2) is 40.9 Å². The maximum Gasteiger partial charge on any atom is 0.140 e. The van der Waals surface area contributed by atoms with Crippen molar-refractivity contribution in [2.45, 2.75) is 13.2 Å². The highest BCUT2D eigenvalue weighted by atomic mass is 79.9. The lowest BCUT2D eigenvalue weighted by Gasteiger charge is -2.13. The molecular weight excluding hydrogens is 335 g/mol. The molecule has 0 amide bonds. The molecule has 5 heteroatoms. The molecule has 0 atom stereocenters. The van der Waals surface area contributed by atoms with E-state index in [9.17, 15) is 4.39 Å². The maximum absolute atomic E-state index is 13.3. The summed E-state index contributed by atoms with van der Waals surface area (Å²) < 4.78 is 20.0. The second kappa shape index (κ2) is 7.21. The Balaban J connectivity index is 2.19. The molecule has 0 unspecified atom stereocenters. The molecule has 0 saturated carbocycles. The molecule has 0 aliphatic carbocycles. The van der Waals surface area contributed by atoms with E-state index in [1.54, 1.807) is 6.07 Å². The first-order chi connectivity index (χ1) is 10.2. The standard InChI is InChI=1S/C16H14BrFN2O/c1-20-9-12-3-2-4-14(17)16(12)21-10-11-5-6-15(18)13(7-11)8-19/h2-7,20H,9-10H2,1H3. The van der Waals surface area contributed by atoms with Crippen LogP contribution in [0.4, 0.5) is 4.39 Å². The molecule has 2 aromatic rings. The summed E-state index contributed by atoms with van der Waals surface area (Å²) in [5.41, 5.74) is 1.80. The highest BCUT2D eigenvalue weighted by Gasteiger charge is 2.09. The minimum Gasteiger partial charge on any atom is -0.487 e. The van der Waals surface area contributed by atoms with Crippen LogP contribution in [0, 0.1) is 17.1 Å². The van der Waals surface area contributed by atoms with Crippen LogP contribution >= 0.6 is 15.9 Å². The third kappa shape index (κ3) is 3.81. The Bertz CT molecular complexity index is 682. The lowest BCUT2D eigenvalue weighted by Crippen LogP contribution is -2.08. The normalized spacial score (nSPS) is 10.2. The summed E-state index contributed by atoms with van der Waals surface area (Å²) in [6.07, 6.45) is 0. The molecule has 108 valence electrons. The molecular formula is C16H14BrFN2O. The van der Waals surface area contributed by atoms with Crippen LogP contribution in [0.1, 0.15) is 16.7 Å². The lowest BCUT2D eigenvalue weighted by atomic mass is 10.1. The lowest BCUT2D eigenvalue weighted by molar-refractivity contribution is 0.300. The van der Waals surface area contributed by atoms with Gasteiger partial charge in [-0.3, -0.25) is 0 Å². The van der Waals surface area contributed by atoms with Crippen LogP contribution < -0.4 is 10.1 Å². The van der Waals surface area contributed by atoms with Crippen LogP contribution in [-0.2, 0) is 13.2 Å². The van der Waals surface area contributed by atoms with Gasteiger partial charge >= 0.3 is 0 Å². The first-order valence-electron chi connectivity index (χ1n) is 6.39. The fraction of sp³-hybridized carbons (Fsp3) is 0.188. The third-order valence-electron chi connectivity index (χ3n) is 2.95. The van der Waals surface area contributed by atoms with Crippen LogP contribution in [0.25, 0.3) is 0 Å². The van der Waals surface area contributed by atoms with Gasteiger partial charge in [0.15, 0.2) is 0 Å². The smallest absolute Gasteiger partial charge is 0.140 e. The van der Waals surface area contributed by atoms with Crippen molar-refractivity contribution < 1.29 is 9.13 Å². The van der Waals surface area contributed by atoms with E-state index < -0.39 is 5.82 Å². The highest BCUT2D eigenvalue weighted by Crippen LogP contribution is 2.30. The molecule has 3 nitrogen and oxygen atoms in total. The number of hydrogen-bond donors (Lipinski definition) is 1. The van der Waals surface area contributed by atoms with Gasteiger partial charge in [0.2, 0.25) is 0 Å². The van der Waals surface area contributed by atoms with Crippen molar-refractivity contribution in [3.63, 3.8) is 0 Å². The zero-order valence-corrected chi connectivity index (χ0v) is 13.1. The summed E-state index contributed by atoms with van der Waals surface area (Å²) in [6, 6.07) is 12.0. The Kier molecular flexibility index (Phi) is 5.32. The van der Waals surface area contributed by atoms with Crippen molar-refractivity contribution in [2.75, 3.05) is 7.05 Å². The number of benzene rings is 2. The number of hydrogen-bond acceptors (Lipinski definition) is 3. The summed E-state index contributed by atoms with van der Waals surface area (Å²) in [4.78, 5) is 0. The van der Waals surface area contributed by atoms with Gasteiger partial charge < -0.3 is 10.1 Å². The Hall–Kier alpha value is -1.90. The number of nitrogens with one attached hydrogen (secondary N) is 1. The van der Waals surface area contributed by atoms with E-state index in [1.807, 2.05) is 31.3 Å². The SMILES string of the molecule is CNCc1cccc(Br)c1OCc1ccc(F)c(C#N)c1. The maximum atomic E-state index is 13.3. The van der Waals surface area contributed by atoms with Crippen molar-refractivity contribution in [2.24, 2.45) is 0 Å². The molecule has 0 fully saturated rings. The van der Waals surface area contributed by atoms with E-state index >= 15 is 0 Å². The molecule has 0 saturated heterocycles. The largest absolute Gasteiger partial charge is 0.487 e. The number of halogens is 2. The van der Waals surface area contributed by atoms with E-state index in [0.717, 1.165) is 21.3 Å². The molecule has 0 heterocycles. The average molecular weight is 349 g/mol. The Labute approximate surface area is 131 Å². The van der Waals surface area contributed by atoms with Gasteiger partial charge in [-0.2, -0.15) is 5.26 Å². The molecule has 0 spiro atoms. The molecule has 2 aromatic carbocycles. The van der Waals surface area contributed by atoms with Crippen LogP contribution in [0.3, 0.4) is 0 Å². The number of para-hydroxylation sites is 1. The van der Waals surface area contributed by atoms with Crippen molar-refractivity contribution in [1.29, 1.82) is 5.26 Å². The number of rotatable bonds is 5. The van der Waals surface area contributed by atoms with Crippen LogP contribution in [-0.4, -0.2) is 7.05 Å². The zero-order valence-electron chi connectivity index (χ0n) is 11.5. The van der Waals surface area contributed by atoms with Gasteiger partial charge in [0.1, 0.15) is 24.2 Å². The van der Waals surface area contributed by atoms with Gasteiger partial charge in [-0.05, 0) is 46.7 Å². The topological polar surface area (TPSA) is 45.0 Å². The molecule has 0 aliphatic heterocycles. The van der Waals surface area contributed by atoms with Crippen LogP contribution in [0.2, 0.25) is 0 Å². The van der Waals surface area contributed by atoms with Crippen LogP contribution in [0.5, 0.6) is 5.75 Å². The van der Waals surface area contributed by atoms with E-state index in [0.29, 0.717) is 6.54 Å². The monoisotopic (exact) mass is 348 g/mol. The van der Waals surface area contributed by atoms with E-state index in [-0.39, 0.29) is 12.2 Å². The van der Waals surface area contributed by atoms with Gasteiger partial charge in [-0.25, -0.2) is 4.39 Å². The van der Waals surface area contributed by atoms with Gasteiger partial charge in [0.05, 0.1) is 10.0 Å². The Morgan fingerprint density at radius 1 is 1.33 bits per heavy atom. The second-order valence-electron chi connectivity index (χ2n) is 4.47. The van der Waals surface area contributed by atoms with Gasteiger partial charge in [0, 0.05) is 12.1 Å². The Morgan fingerprint density at radius 3 is 2.86 bits per heavy atom. The van der Waals surface area contributed by atoms with E-state index in [4.69, 9.17) is 10.00 Å². The molecule has 1 N–H and O–H groups in total. The van der Waals surface area contributed by atoms with Gasteiger partial charge in [-0.15, -0.1) is 0 Å². The number of ether oxygens (including phenoxy) is 1. The highest BCUT2D eigenvalue weighted by molar-refractivity contribution is 9.10. The van der Waals surface area contributed by atoms with E-state index in [2.05, 4.69) is 21.2 Å². The first kappa shape index (κ1) is 15.5. The first-order valence-corrected chi connectivity index (χ1v) is 7.18. The number of nitrogens with zero attached hydrogens (tertiary/aromatic N) is 1. The third-order valence-corrected chi connectivity index (χ3v) is 3.57. The number of nitriles is 1. The molecule has 0 aliphatic rings. The minimum absolute atomic E-state index is 0.0266. The molecule has 0 aromatic heterocycles. The fourth-order valence-electron chi connectivity index (χ4n) is 1.95. The van der Waals surface area contributed by atoms with Crippen molar-refractivity contribution >= 4 is 15.9 Å². The predicted molar refractivity (Wildman–Crippen MR) is 82.4 cm³/mol. The van der Waals surface area contributed by atoms with Crippen molar-refractivity contribution in [3.05, 3.63) is 63.4 Å². The molecule has 0 bridgehead atoms. The minimum atomic E-state index is -0.516. The van der Waals surface area contributed by atoms with Crippen molar-refractivity contribution in [3.8, 4) is 11.8 Å². The van der Waals surface area contributed by atoms with Gasteiger partial charge in [-0.1, -0.05) is 18.2 Å². The second-order valence-corrected chi connectivity index (χ2v) is 5.33. The summed E-state index contributed by atoms with van der Waals surface area (Å²) in [5, 5.41) is 11.9. The summed E-state index contributed by atoms with van der Waals surface area (Å²) in [6.45, 7) is 0.954. The molecule has 2 rings (SSSR count). The average Bonchev–Trinajstić information content (AvgIpc) is 2.48. The van der Waals surface area contributed by atoms with Crippen molar-refractivity contribution in [1.82, 2.24) is 5.32 Å². The summed E-state index contributed by atoms with van der Waals surface area (Å²) in [7, 11) is 1.86. The zero-order chi connectivity index (χ0) is 15.2. The summed E-state index contributed by atoms with van der Waals surface area (Å²) in [5.74, 6) is 0.229. The summed E-state index contributed by atoms with van der Waals surface area (Å²) >= 11 is 3.47. The van der Waals surface area contributed by atoms with Gasteiger partial charge in [0.25, 0.3) is 0 Å².